The number of aromatic nitrogens is 3. The maximum absolute atomic E-state index is 13.1. The van der Waals surface area contributed by atoms with Crippen molar-refractivity contribution in [1.82, 2.24) is 24.3 Å². The van der Waals surface area contributed by atoms with E-state index in [1.54, 1.807) is 30.2 Å². The minimum Gasteiger partial charge on any atom is -0.442 e. The first-order chi connectivity index (χ1) is 13.5. The average Bonchev–Trinajstić information content (AvgIpc) is 3.28. The normalized spacial score (nSPS) is 15.5. The molecular weight excluding hydrogens is 378 g/mol. The zero-order valence-electron chi connectivity index (χ0n) is 16.3. The van der Waals surface area contributed by atoms with E-state index < -0.39 is 0 Å². The molecular formula is C19H23N5O3S. The number of carbonyl (C=O) groups is 1. The van der Waals surface area contributed by atoms with Crippen molar-refractivity contribution in [2.24, 2.45) is 7.05 Å². The number of amides is 1. The lowest BCUT2D eigenvalue weighted by molar-refractivity contribution is 0.0627. The van der Waals surface area contributed by atoms with Gasteiger partial charge in [0.05, 0.1) is 16.3 Å². The topological polar surface area (TPSA) is 84.5 Å². The second-order valence-electron chi connectivity index (χ2n) is 7.03. The summed E-state index contributed by atoms with van der Waals surface area (Å²) >= 11 is 1.70. The van der Waals surface area contributed by atoms with E-state index in [9.17, 15) is 9.59 Å². The SMILES string of the molecule is CCc1nc(CN2CCN(C(=O)c3c(C)oc4ncn(C)c(=O)c34)CC2)cs1. The Morgan fingerprint density at radius 1 is 1.29 bits per heavy atom. The number of furan rings is 1. The van der Waals surface area contributed by atoms with Crippen molar-refractivity contribution in [3.8, 4) is 0 Å². The molecule has 0 aliphatic carbocycles. The summed E-state index contributed by atoms with van der Waals surface area (Å²) in [5.41, 5.74) is 1.38. The van der Waals surface area contributed by atoms with Gasteiger partial charge < -0.3 is 13.9 Å². The minimum absolute atomic E-state index is 0.164. The standard InChI is InChI=1S/C19H23N5O3S/c1-4-14-21-13(10-28-14)9-23-5-7-24(8-6-23)19(26)15-12(2)27-17-16(15)18(25)22(3)11-20-17/h10-11H,4-9H2,1-3H3. The van der Waals surface area contributed by atoms with Crippen LogP contribution in [0.2, 0.25) is 0 Å². The molecule has 1 fully saturated rings. The number of piperazine rings is 1. The quantitative estimate of drug-likeness (QED) is 0.663. The molecule has 3 aromatic heterocycles. The van der Waals surface area contributed by atoms with Crippen molar-refractivity contribution in [3.05, 3.63) is 44.1 Å². The number of nitrogens with zero attached hydrogens (tertiary/aromatic N) is 5. The van der Waals surface area contributed by atoms with Gasteiger partial charge in [0, 0.05) is 45.2 Å². The molecule has 1 aliphatic rings. The highest BCUT2D eigenvalue weighted by Crippen LogP contribution is 2.23. The number of hydrogen-bond donors (Lipinski definition) is 0. The highest BCUT2D eigenvalue weighted by molar-refractivity contribution is 7.09. The van der Waals surface area contributed by atoms with Crippen LogP contribution in [0.3, 0.4) is 0 Å². The maximum Gasteiger partial charge on any atom is 0.265 e. The average molecular weight is 401 g/mol. The number of fused-ring (bicyclic) bond motifs is 1. The Kier molecular flexibility index (Phi) is 5.03. The van der Waals surface area contributed by atoms with Crippen molar-refractivity contribution < 1.29 is 9.21 Å². The molecule has 0 N–H and O–H groups in total. The van der Waals surface area contributed by atoms with Gasteiger partial charge in [0.25, 0.3) is 11.5 Å². The zero-order valence-corrected chi connectivity index (χ0v) is 17.1. The van der Waals surface area contributed by atoms with Crippen LogP contribution in [-0.4, -0.2) is 56.4 Å². The van der Waals surface area contributed by atoms with Crippen LogP contribution in [0.25, 0.3) is 11.1 Å². The summed E-state index contributed by atoms with van der Waals surface area (Å²) in [5.74, 6) is 0.274. The summed E-state index contributed by atoms with van der Waals surface area (Å²) in [7, 11) is 1.62. The van der Waals surface area contributed by atoms with Crippen LogP contribution in [-0.2, 0) is 20.0 Å². The van der Waals surface area contributed by atoms with Crippen molar-refractivity contribution in [2.75, 3.05) is 26.2 Å². The van der Waals surface area contributed by atoms with Crippen molar-refractivity contribution in [1.29, 1.82) is 0 Å². The Hall–Kier alpha value is -2.52. The van der Waals surface area contributed by atoms with E-state index in [1.165, 1.54) is 10.9 Å². The molecule has 0 radical (unpaired) electrons. The monoisotopic (exact) mass is 401 g/mol. The third-order valence-electron chi connectivity index (χ3n) is 5.11. The Morgan fingerprint density at radius 3 is 2.71 bits per heavy atom. The van der Waals surface area contributed by atoms with Gasteiger partial charge in [-0.25, -0.2) is 9.97 Å². The number of thiazole rings is 1. The lowest BCUT2D eigenvalue weighted by atomic mass is 10.1. The molecule has 3 aromatic rings. The first kappa shape index (κ1) is 18.8. The molecule has 0 bridgehead atoms. The molecule has 1 aliphatic heterocycles. The number of rotatable bonds is 4. The fraction of sp³-hybridized carbons (Fsp3) is 0.474. The van der Waals surface area contributed by atoms with Gasteiger partial charge in [-0.3, -0.25) is 14.5 Å². The van der Waals surface area contributed by atoms with E-state index in [-0.39, 0.29) is 22.6 Å². The number of carbonyl (C=O) groups excluding carboxylic acids is 1. The lowest BCUT2D eigenvalue weighted by Gasteiger charge is -2.34. The smallest absolute Gasteiger partial charge is 0.265 e. The minimum atomic E-state index is -0.265. The molecule has 0 unspecified atom stereocenters. The molecule has 4 heterocycles. The third kappa shape index (κ3) is 3.35. The van der Waals surface area contributed by atoms with Gasteiger partial charge in [0.1, 0.15) is 17.5 Å². The largest absolute Gasteiger partial charge is 0.442 e. The van der Waals surface area contributed by atoms with E-state index in [1.807, 2.05) is 0 Å². The molecule has 9 heteroatoms. The van der Waals surface area contributed by atoms with Gasteiger partial charge in [-0.1, -0.05) is 6.92 Å². The van der Waals surface area contributed by atoms with Crippen molar-refractivity contribution in [3.63, 3.8) is 0 Å². The van der Waals surface area contributed by atoms with E-state index in [0.29, 0.717) is 24.4 Å². The van der Waals surface area contributed by atoms with Gasteiger partial charge in [-0.05, 0) is 13.3 Å². The first-order valence-corrected chi connectivity index (χ1v) is 10.3. The second-order valence-corrected chi connectivity index (χ2v) is 7.97. The van der Waals surface area contributed by atoms with E-state index in [0.717, 1.165) is 36.8 Å². The fourth-order valence-electron chi connectivity index (χ4n) is 3.52. The summed E-state index contributed by atoms with van der Waals surface area (Å²) in [6.07, 6.45) is 2.36. The van der Waals surface area contributed by atoms with Gasteiger partial charge in [0.2, 0.25) is 5.71 Å². The van der Waals surface area contributed by atoms with E-state index >= 15 is 0 Å². The van der Waals surface area contributed by atoms with Gasteiger partial charge >= 0.3 is 0 Å². The van der Waals surface area contributed by atoms with Crippen molar-refractivity contribution >= 4 is 28.3 Å². The van der Waals surface area contributed by atoms with Crippen LogP contribution < -0.4 is 5.56 Å². The molecule has 1 amide bonds. The Balaban J connectivity index is 1.49. The van der Waals surface area contributed by atoms with Crippen LogP contribution in [0, 0.1) is 6.92 Å². The van der Waals surface area contributed by atoms with Crippen LogP contribution in [0.4, 0.5) is 0 Å². The fourth-order valence-corrected chi connectivity index (χ4v) is 4.26. The number of aryl methyl sites for hydroxylation is 3. The lowest BCUT2D eigenvalue weighted by Crippen LogP contribution is -2.48. The maximum atomic E-state index is 13.1. The summed E-state index contributed by atoms with van der Waals surface area (Å²) in [4.78, 5) is 38.5. The van der Waals surface area contributed by atoms with Crippen LogP contribution in [0.1, 0.15) is 33.7 Å². The van der Waals surface area contributed by atoms with Crippen LogP contribution in [0.15, 0.2) is 20.9 Å². The molecule has 148 valence electrons. The highest BCUT2D eigenvalue weighted by Gasteiger charge is 2.29. The second kappa shape index (κ2) is 7.48. The highest BCUT2D eigenvalue weighted by atomic mass is 32.1. The molecule has 4 rings (SSSR count). The summed E-state index contributed by atoms with van der Waals surface area (Å²) in [6.45, 7) is 7.38. The summed E-state index contributed by atoms with van der Waals surface area (Å²) in [5, 5.41) is 3.53. The molecule has 0 aromatic carbocycles. The molecule has 0 saturated carbocycles. The predicted molar refractivity (Wildman–Crippen MR) is 107 cm³/mol. The van der Waals surface area contributed by atoms with Crippen LogP contribution in [0.5, 0.6) is 0 Å². The molecule has 0 atom stereocenters. The number of hydrogen-bond acceptors (Lipinski definition) is 7. The first-order valence-electron chi connectivity index (χ1n) is 9.37. The van der Waals surface area contributed by atoms with Crippen molar-refractivity contribution in [2.45, 2.75) is 26.8 Å². The van der Waals surface area contributed by atoms with Gasteiger partial charge in [-0.15, -0.1) is 11.3 Å². The molecule has 1 saturated heterocycles. The molecule has 8 nitrogen and oxygen atoms in total. The van der Waals surface area contributed by atoms with Gasteiger partial charge in [0.15, 0.2) is 0 Å². The summed E-state index contributed by atoms with van der Waals surface area (Å²) in [6, 6.07) is 0. The van der Waals surface area contributed by atoms with Crippen LogP contribution >= 0.6 is 11.3 Å². The Morgan fingerprint density at radius 2 is 2.04 bits per heavy atom. The van der Waals surface area contributed by atoms with E-state index in [2.05, 4.69) is 27.2 Å². The Bertz CT molecular complexity index is 1080. The van der Waals surface area contributed by atoms with Gasteiger partial charge in [-0.2, -0.15) is 0 Å². The third-order valence-corrected chi connectivity index (χ3v) is 6.15. The predicted octanol–water partition coefficient (Wildman–Crippen LogP) is 1.81. The van der Waals surface area contributed by atoms with E-state index in [4.69, 9.17) is 4.42 Å². The molecule has 28 heavy (non-hydrogen) atoms. The zero-order chi connectivity index (χ0) is 19.8. The summed E-state index contributed by atoms with van der Waals surface area (Å²) < 4.78 is 6.94. The Labute approximate surface area is 166 Å². The molecule has 0 spiro atoms.